The largest absolute Gasteiger partial charge is 0.457 e. The fourth-order valence-corrected chi connectivity index (χ4v) is 3.24. The van der Waals surface area contributed by atoms with E-state index < -0.39 is 5.41 Å². The smallest absolute Gasteiger partial charge is 0.240 e. The highest BCUT2D eigenvalue weighted by Gasteiger charge is 2.41. The first-order valence-corrected chi connectivity index (χ1v) is 8.68. The lowest BCUT2D eigenvalue weighted by Crippen LogP contribution is -2.39. The summed E-state index contributed by atoms with van der Waals surface area (Å²) < 4.78 is 5.78. The van der Waals surface area contributed by atoms with E-state index in [1.54, 1.807) is 0 Å². The number of ether oxygens (including phenoxy) is 1. The SMILES string of the molecule is CC(NC(=O)C1(C#N)CCCC1)c1ccc(Oc2ccccc2)cc1. The van der Waals surface area contributed by atoms with Gasteiger partial charge in [-0.3, -0.25) is 4.79 Å². The first-order chi connectivity index (χ1) is 12.1. The van der Waals surface area contributed by atoms with E-state index in [0.717, 1.165) is 29.9 Å². The number of rotatable bonds is 5. The Morgan fingerprint density at radius 2 is 1.68 bits per heavy atom. The number of amides is 1. The Balaban J connectivity index is 1.64. The van der Waals surface area contributed by atoms with Gasteiger partial charge in [-0.2, -0.15) is 5.26 Å². The van der Waals surface area contributed by atoms with E-state index in [4.69, 9.17) is 4.74 Å². The van der Waals surface area contributed by atoms with Gasteiger partial charge in [0.2, 0.25) is 5.91 Å². The molecule has 0 aliphatic heterocycles. The van der Waals surface area contributed by atoms with E-state index in [2.05, 4.69) is 11.4 Å². The maximum absolute atomic E-state index is 12.5. The second-order valence-electron chi connectivity index (χ2n) is 6.58. The maximum atomic E-state index is 12.5. The molecular formula is C21H22N2O2. The van der Waals surface area contributed by atoms with Crippen molar-refractivity contribution in [2.75, 3.05) is 0 Å². The summed E-state index contributed by atoms with van der Waals surface area (Å²) in [4.78, 5) is 12.5. The minimum Gasteiger partial charge on any atom is -0.457 e. The summed E-state index contributed by atoms with van der Waals surface area (Å²) in [6.07, 6.45) is 3.21. The first kappa shape index (κ1) is 17.0. The molecule has 4 heteroatoms. The van der Waals surface area contributed by atoms with Gasteiger partial charge < -0.3 is 10.1 Å². The zero-order valence-electron chi connectivity index (χ0n) is 14.4. The summed E-state index contributed by atoms with van der Waals surface area (Å²) in [6.45, 7) is 1.94. The monoisotopic (exact) mass is 334 g/mol. The van der Waals surface area contributed by atoms with Crippen molar-refractivity contribution in [1.82, 2.24) is 5.32 Å². The minimum absolute atomic E-state index is 0.149. The van der Waals surface area contributed by atoms with Crippen molar-refractivity contribution in [3.63, 3.8) is 0 Å². The average molecular weight is 334 g/mol. The molecule has 1 aliphatic rings. The number of carbonyl (C=O) groups is 1. The van der Waals surface area contributed by atoms with Crippen molar-refractivity contribution < 1.29 is 9.53 Å². The molecule has 1 unspecified atom stereocenters. The van der Waals surface area contributed by atoms with Crippen LogP contribution in [0.3, 0.4) is 0 Å². The van der Waals surface area contributed by atoms with E-state index >= 15 is 0 Å². The Morgan fingerprint density at radius 1 is 1.08 bits per heavy atom. The maximum Gasteiger partial charge on any atom is 0.240 e. The predicted molar refractivity (Wildman–Crippen MR) is 96.0 cm³/mol. The summed E-state index contributed by atoms with van der Waals surface area (Å²) in [7, 11) is 0. The van der Waals surface area contributed by atoms with Gasteiger partial charge >= 0.3 is 0 Å². The minimum atomic E-state index is -0.843. The van der Waals surface area contributed by atoms with E-state index in [0.29, 0.717) is 12.8 Å². The summed E-state index contributed by atoms with van der Waals surface area (Å²) in [5.74, 6) is 1.39. The van der Waals surface area contributed by atoms with Gasteiger partial charge in [0.05, 0.1) is 12.1 Å². The van der Waals surface area contributed by atoms with Gasteiger partial charge in [0.15, 0.2) is 0 Å². The lowest BCUT2D eigenvalue weighted by Gasteiger charge is -2.23. The van der Waals surface area contributed by atoms with Crippen LogP contribution in [0.25, 0.3) is 0 Å². The van der Waals surface area contributed by atoms with Crippen LogP contribution in [0.1, 0.15) is 44.2 Å². The second kappa shape index (κ2) is 7.40. The number of nitrogens with one attached hydrogen (secondary N) is 1. The molecule has 128 valence electrons. The van der Waals surface area contributed by atoms with Crippen LogP contribution in [0.2, 0.25) is 0 Å². The molecule has 1 saturated carbocycles. The molecule has 1 aliphatic carbocycles. The van der Waals surface area contributed by atoms with Gasteiger partial charge in [-0.1, -0.05) is 43.2 Å². The number of hydrogen-bond donors (Lipinski definition) is 1. The molecule has 2 aromatic rings. The van der Waals surface area contributed by atoms with Gasteiger partial charge in [0.25, 0.3) is 0 Å². The van der Waals surface area contributed by atoms with Crippen LogP contribution in [0, 0.1) is 16.7 Å². The van der Waals surface area contributed by atoms with Crippen LogP contribution in [0.5, 0.6) is 11.5 Å². The molecule has 0 aromatic heterocycles. The molecule has 3 rings (SSSR count). The van der Waals surface area contributed by atoms with Gasteiger partial charge in [-0.15, -0.1) is 0 Å². The van der Waals surface area contributed by atoms with Crippen LogP contribution in [-0.4, -0.2) is 5.91 Å². The summed E-state index contributed by atoms with van der Waals surface area (Å²) in [6, 6.07) is 19.4. The van der Waals surface area contributed by atoms with Crippen molar-refractivity contribution in [2.45, 2.75) is 38.6 Å². The number of para-hydroxylation sites is 1. The third kappa shape index (κ3) is 3.83. The number of nitrogens with zero attached hydrogens (tertiary/aromatic N) is 1. The van der Waals surface area contributed by atoms with Crippen LogP contribution in [0.15, 0.2) is 54.6 Å². The Bertz CT molecular complexity index is 757. The molecule has 0 bridgehead atoms. The van der Waals surface area contributed by atoms with Crippen LogP contribution >= 0.6 is 0 Å². The lowest BCUT2D eigenvalue weighted by molar-refractivity contribution is -0.128. The topological polar surface area (TPSA) is 62.1 Å². The van der Waals surface area contributed by atoms with Crippen molar-refractivity contribution in [3.05, 3.63) is 60.2 Å². The molecule has 2 aromatic carbocycles. The summed E-state index contributed by atoms with van der Waals surface area (Å²) in [5, 5.41) is 12.4. The fourth-order valence-electron chi connectivity index (χ4n) is 3.24. The fraction of sp³-hybridized carbons (Fsp3) is 0.333. The molecule has 0 saturated heterocycles. The van der Waals surface area contributed by atoms with Crippen LogP contribution in [0.4, 0.5) is 0 Å². The average Bonchev–Trinajstić information content (AvgIpc) is 3.13. The zero-order chi connectivity index (χ0) is 17.7. The van der Waals surface area contributed by atoms with Crippen molar-refractivity contribution in [2.24, 2.45) is 5.41 Å². The standard InChI is InChI=1S/C21H22N2O2/c1-16(23-20(24)21(15-22)13-5-6-14-21)17-9-11-19(12-10-17)25-18-7-3-2-4-8-18/h2-4,7-12,16H,5-6,13-14H2,1H3,(H,23,24). The third-order valence-electron chi connectivity index (χ3n) is 4.81. The Kier molecular flexibility index (Phi) is 5.04. The predicted octanol–water partition coefficient (Wildman–Crippen LogP) is 4.74. The molecule has 0 radical (unpaired) electrons. The number of nitriles is 1. The molecule has 4 nitrogen and oxygen atoms in total. The van der Waals surface area contributed by atoms with Crippen LogP contribution in [-0.2, 0) is 4.79 Å². The van der Waals surface area contributed by atoms with Crippen molar-refractivity contribution >= 4 is 5.91 Å². The normalized spacial score (nSPS) is 16.6. The van der Waals surface area contributed by atoms with E-state index in [9.17, 15) is 10.1 Å². The van der Waals surface area contributed by atoms with E-state index in [1.807, 2.05) is 61.5 Å². The highest BCUT2D eigenvalue weighted by Crippen LogP contribution is 2.38. The molecule has 0 spiro atoms. The Hall–Kier alpha value is -2.80. The lowest BCUT2D eigenvalue weighted by atomic mass is 9.86. The second-order valence-corrected chi connectivity index (χ2v) is 6.58. The molecular weight excluding hydrogens is 312 g/mol. The van der Waals surface area contributed by atoms with Crippen molar-refractivity contribution in [1.29, 1.82) is 5.26 Å². The summed E-state index contributed by atoms with van der Waals surface area (Å²) >= 11 is 0. The number of benzene rings is 2. The van der Waals surface area contributed by atoms with Gasteiger partial charge in [-0.05, 0) is 49.6 Å². The quantitative estimate of drug-likeness (QED) is 0.859. The first-order valence-electron chi connectivity index (χ1n) is 8.68. The van der Waals surface area contributed by atoms with Crippen LogP contribution < -0.4 is 10.1 Å². The number of carbonyl (C=O) groups excluding carboxylic acids is 1. The van der Waals surface area contributed by atoms with Crippen molar-refractivity contribution in [3.8, 4) is 17.6 Å². The summed E-state index contributed by atoms with van der Waals surface area (Å²) in [5.41, 5.74) is 0.143. The molecule has 1 fully saturated rings. The zero-order valence-corrected chi connectivity index (χ0v) is 14.4. The number of hydrogen-bond acceptors (Lipinski definition) is 3. The Morgan fingerprint density at radius 3 is 2.28 bits per heavy atom. The molecule has 0 heterocycles. The highest BCUT2D eigenvalue weighted by molar-refractivity contribution is 5.86. The highest BCUT2D eigenvalue weighted by atomic mass is 16.5. The Labute approximate surface area is 148 Å². The van der Waals surface area contributed by atoms with Gasteiger partial charge in [0, 0.05) is 0 Å². The molecule has 1 N–H and O–H groups in total. The molecule has 1 amide bonds. The van der Waals surface area contributed by atoms with Gasteiger partial charge in [-0.25, -0.2) is 0 Å². The molecule has 25 heavy (non-hydrogen) atoms. The van der Waals surface area contributed by atoms with E-state index in [1.165, 1.54) is 0 Å². The van der Waals surface area contributed by atoms with E-state index in [-0.39, 0.29) is 11.9 Å². The third-order valence-corrected chi connectivity index (χ3v) is 4.81. The molecule has 1 atom stereocenters. The van der Waals surface area contributed by atoms with Gasteiger partial charge in [0.1, 0.15) is 16.9 Å².